The number of amides is 2. The highest BCUT2D eigenvalue weighted by Crippen LogP contribution is 2.32. The Bertz CT molecular complexity index is 1380. The number of carbonyl (C=O) groups excluding carboxylic acids is 1. The molecule has 1 aromatic heterocycles. The number of aromatic nitrogens is 2. The highest BCUT2D eigenvalue weighted by molar-refractivity contribution is 7.90. The fourth-order valence-electron chi connectivity index (χ4n) is 3.98. The van der Waals surface area contributed by atoms with Crippen LogP contribution in [0.4, 0.5) is 20.8 Å². The Balaban J connectivity index is 1.78. The Labute approximate surface area is 215 Å². The first-order valence-electron chi connectivity index (χ1n) is 11.7. The second-order valence-electron chi connectivity index (χ2n) is 8.72. The largest absolute Gasteiger partial charge is 0.377 e. The van der Waals surface area contributed by atoms with E-state index < -0.39 is 15.7 Å². The maximum Gasteiger partial charge on any atom is 0.319 e. The molecule has 0 bridgehead atoms. The number of nitrogens with zero attached hydrogens (tertiary/aromatic N) is 3. The monoisotopic (exact) mass is 528 g/mol. The number of urea groups is 1. The number of anilines is 2. The molecule has 0 radical (unpaired) electrons. The summed E-state index contributed by atoms with van der Waals surface area (Å²) in [6, 6.07) is 11.8. The molecule has 1 aliphatic heterocycles. The van der Waals surface area contributed by atoms with Crippen LogP contribution in [0.2, 0.25) is 0 Å². The van der Waals surface area contributed by atoms with Gasteiger partial charge in [0.25, 0.3) is 0 Å². The van der Waals surface area contributed by atoms with Crippen molar-refractivity contribution in [1.82, 2.24) is 15.3 Å². The van der Waals surface area contributed by atoms with Crippen LogP contribution in [0.3, 0.4) is 0 Å². The number of morpholine rings is 1. The first-order chi connectivity index (χ1) is 17.7. The minimum Gasteiger partial charge on any atom is -0.377 e. The maximum atomic E-state index is 14.3. The van der Waals surface area contributed by atoms with Gasteiger partial charge in [0.15, 0.2) is 9.84 Å². The molecule has 0 saturated carbocycles. The number of halogens is 1. The maximum absolute atomic E-state index is 14.3. The molecule has 10 nitrogen and oxygen atoms in total. The van der Waals surface area contributed by atoms with Crippen LogP contribution >= 0.6 is 0 Å². The first kappa shape index (κ1) is 26.5. The number of nitrogens with two attached hydrogens (primary N) is 1. The third kappa shape index (κ3) is 6.40. The molecule has 4 rings (SSSR count). The summed E-state index contributed by atoms with van der Waals surface area (Å²) in [7, 11) is -3.66. The van der Waals surface area contributed by atoms with Crippen molar-refractivity contribution in [2.24, 2.45) is 5.73 Å². The van der Waals surface area contributed by atoms with Gasteiger partial charge in [-0.2, -0.15) is 0 Å². The standard InChI is InChI=1S/C25H29FN6O4S/c1-16-15-36-12-11-32(16)24-30-21(17-3-6-19(7-4-17)29-25(33)28-10-9-27)14-22(31-24)20-13-18(26)5-8-23(20)37(2,34)35/h3-8,13-14,16H,9-12,15,27H2,1-2H3,(H2,28,29,33). The summed E-state index contributed by atoms with van der Waals surface area (Å²) in [6.07, 6.45) is 1.08. The van der Waals surface area contributed by atoms with Crippen LogP contribution < -0.4 is 21.3 Å². The molecule has 1 fully saturated rings. The highest BCUT2D eigenvalue weighted by atomic mass is 32.2. The average molecular weight is 529 g/mol. The molecule has 4 N–H and O–H groups in total. The van der Waals surface area contributed by atoms with Crippen molar-refractivity contribution in [3.05, 3.63) is 54.3 Å². The van der Waals surface area contributed by atoms with Gasteiger partial charge >= 0.3 is 6.03 Å². The SMILES string of the molecule is CC1COCCN1c1nc(-c2ccc(NC(=O)NCCN)cc2)cc(-c2cc(F)ccc2S(C)(=O)=O)n1. The predicted octanol–water partition coefficient (Wildman–Crippen LogP) is 2.66. The zero-order chi connectivity index (χ0) is 26.6. The van der Waals surface area contributed by atoms with Gasteiger partial charge in [-0.25, -0.2) is 27.6 Å². The summed E-state index contributed by atoms with van der Waals surface area (Å²) in [5, 5.41) is 5.35. The van der Waals surface area contributed by atoms with Crippen LogP contribution in [0.15, 0.2) is 53.4 Å². The lowest BCUT2D eigenvalue weighted by Gasteiger charge is -2.33. The normalized spacial score (nSPS) is 15.9. The van der Waals surface area contributed by atoms with E-state index in [1.54, 1.807) is 30.3 Å². The van der Waals surface area contributed by atoms with Crippen LogP contribution in [-0.4, -0.2) is 69.6 Å². The molecule has 2 heterocycles. The number of nitrogens with one attached hydrogen (secondary N) is 2. The molecular formula is C25H29FN6O4S. The Morgan fingerprint density at radius 1 is 1.16 bits per heavy atom. The summed E-state index contributed by atoms with van der Waals surface area (Å²) >= 11 is 0. The number of hydrogen-bond acceptors (Lipinski definition) is 8. The lowest BCUT2D eigenvalue weighted by molar-refractivity contribution is 0.0981. The Kier molecular flexibility index (Phi) is 8.00. The Hall–Kier alpha value is -3.61. The van der Waals surface area contributed by atoms with Crippen LogP contribution in [0, 0.1) is 5.82 Å². The van der Waals surface area contributed by atoms with E-state index in [0.29, 0.717) is 55.7 Å². The molecule has 1 saturated heterocycles. The quantitative estimate of drug-likeness (QED) is 0.398. The van der Waals surface area contributed by atoms with Crippen molar-refractivity contribution in [1.29, 1.82) is 0 Å². The fourth-order valence-corrected chi connectivity index (χ4v) is 4.86. The van der Waals surface area contributed by atoms with Gasteiger partial charge < -0.3 is 26.0 Å². The van der Waals surface area contributed by atoms with Gasteiger partial charge in [0.2, 0.25) is 5.95 Å². The zero-order valence-corrected chi connectivity index (χ0v) is 21.4. The summed E-state index contributed by atoms with van der Waals surface area (Å²) in [5.41, 5.74) is 7.63. The third-order valence-electron chi connectivity index (χ3n) is 5.82. The van der Waals surface area contributed by atoms with Crippen LogP contribution in [-0.2, 0) is 14.6 Å². The van der Waals surface area contributed by atoms with E-state index in [1.165, 1.54) is 12.1 Å². The zero-order valence-electron chi connectivity index (χ0n) is 20.6. The van der Waals surface area contributed by atoms with Gasteiger partial charge in [0.05, 0.1) is 35.5 Å². The van der Waals surface area contributed by atoms with E-state index >= 15 is 0 Å². The van der Waals surface area contributed by atoms with Crippen molar-refractivity contribution in [3.8, 4) is 22.5 Å². The van der Waals surface area contributed by atoms with Gasteiger partial charge in [0.1, 0.15) is 5.82 Å². The predicted molar refractivity (Wildman–Crippen MR) is 140 cm³/mol. The first-order valence-corrected chi connectivity index (χ1v) is 13.6. The molecule has 0 aliphatic carbocycles. The molecule has 1 unspecified atom stereocenters. The van der Waals surface area contributed by atoms with Crippen molar-refractivity contribution in [2.75, 3.05) is 49.3 Å². The lowest BCUT2D eigenvalue weighted by Crippen LogP contribution is -2.44. The number of hydrogen-bond donors (Lipinski definition) is 3. The lowest BCUT2D eigenvalue weighted by atomic mass is 10.1. The summed E-state index contributed by atoms with van der Waals surface area (Å²) < 4.78 is 44.8. The topological polar surface area (TPSA) is 140 Å². The van der Waals surface area contributed by atoms with Gasteiger partial charge in [0, 0.05) is 42.7 Å². The van der Waals surface area contributed by atoms with Gasteiger partial charge in [-0.1, -0.05) is 12.1 Å². The van der Waals surface area contributed by atoms with Gasteiger partial charge in [-0.15, -0.1) is 0 Å². The number of benzene rings is 2. The van der Waals surface area contributed by atoms with Crippen molar-refractivity contribution < 1.29 is 22.3 Å². The van der Waals surface area contributed by atoms with E-state index in [2.05, 4.69) is 15.6 Å². The molecule has 3 aromatic rings. The molecular weight excluding hydrogens is 499 g/mol. The number of carbonyl (C=O) groups is 1. The summed E-state index contributed by atoms with van der Waals surface area (Å²) in [5.74, 6) is -0.192. The molecule has 1 aliphatic rings. The molecule has 0 spiro atoms. The number of sulfone groups is 1. The average Bonchev–Trinajstić information content (AvgIpc) is 2.87. The van der Waals surface area contributed by atoms with Crippen LogP contribution in [0.5, 0.6) is 0 Å². The third-order valence-corrected chi connectivity index (χ3v) is 6.98. The Morgan fingerprint density at radius 3 is 2.57 bits per heavy atom. The number of ether oxygens (including phenoxy) is 1. The van der Waals surface area contributed by atoms with E-state index in [1.807, 2.05) is 11.8 Å². The van der Waals surface area contributed by atoms with Crippen LogP contribution in [0.25, 0.3) is 22.5 Å². The highest BCUT2D eigenvalue weighted by Gasteiger charge is 2.24. The molecule has 196 valence electrons. The summed E-state index contributed by atoms with van der Waals surface area (Å²) in [4.78, 5) is 23.3. The molecule has 1 atom stereocenters. The van der Waals surface area contributed by atoms with Crippen molar-refractivity contribution >= 4 is 27.5 Å². The van der Waals surface area contributed by atoms with E-state index in [4.69, 9.17) is 15.5 Å². The van der Waals surface area contributed by atoms with E-state index in [0.717, 1.165) is 12.3 Å². The van der Waals surface area contributed by atoms with Crippen molar-refractivity contribution in [2.45, 2.75) is 17.9 Å². The summed E-state index contributed by atoms with van der Waals surface area (Å²) in [6.45, 7) is 4.20. The van der Waals surface area contributed by atoms with Crippen molar-refractivity contribution in [3.63, 3.8) is 0 Å². The van der Waals surface area contributed by atoms with Gasteiger partial charge in [-0.3, -0.25) is 0 Å². The minimum atomic E-state index is -3.66. The smallest absolute Gasteiger partial charge is 0.319 e. The van der Waals surface area contributed by atoms with E-state index in [-0.39, 0.29) is 28.2 Å². The number of rotatable bonds is 7. The molecule has 37 heavy (non-hydrogen) atoms. The minimum absolute atomic E-state index is 0.0163. The second kappa shape index (κ2) is 11.2. The molecule has 2 aromatic carbocycles. The molecule has 2 amide bonds. The second-order valence-corrected chi connectivity index (χ2v) is 10.7. The molecule has 12 heteroatoms. The van der Waals surface area contributed by atoms with Crippen LogP contribution in [0.1, 0.15) is 6.92 Å². The fraction of sp³-hybridized carbons (Fsp3) is 0.320. The van der Waals surface area contributed by atoms with Gasteiger partial charge in [-0.05, 0) is 43.3 Å². The van der Waals surface area contributed by atoms with E-state index in [9.17, 15) is 17.6 Å². The Morgan fingerprint density at radius 2 is 1.89 bits per heavy atom.